The Morgan fingerprint density at radius 2 is 1.72 bits per heavy atom. The van der Waals surface area contributed by atoms with Crippen molar-refractivity contribution in [3.63, 3.8) is 0 Å². The van der Waals surface area contributed by atoms with Crippen molar-refractivity contribution in [2.45, 2.75) is 13.0 Å². The van der Waals surface area contributed by atoms with Crippen molar-refractivity contribution in [1.29, 1.82) is 5.26 Å². The van der Waals surface area contributed by atoms with Crippen molar-refractivity contribution in [1.82, 2.24) is 29.9 Å². The van der Waals surface area contributed by atoms with Crippen LogP contribution in [-0.4, -0.2) is 29.9 Å². The lowest BCUT2D eigenvalue weighted by atomic mass is 10.0. The molecule has 2 aromatic carbocycles. The molecule has 39 heavy (non-hydrogen) atoms. The molecule has 0 spiro atoms. The highest BCUT2D eigenvalue weighted by Gasteiger charge is 2.19. The van der Waals surface area contributed by atoms with Gasteiger partial charge in [-0.3, -0.25) is 9.78 Å². The second-order valence-electron chi connectivity index (χ2n) is 8.84. The van der Waals surface area contributed by atoms with Gasteiger partial charge in [-0.2, -0.15) is 5.26 Å². The van der Waals surface area contributed by atoms with Crippen LogP contribution in [0.3, 0.4) is 0 Å². The molecular formula is C29H19ClN8O. The van der Waals surface area contributed by atoms with Gasteiger partial charge in [0.1, 0.15) is 17.3 Å². The zero-order valence-corrected chi connectivity index (χ0v) is 21.3. The van der Waals surface area contributed by atoms with Crippen molar-refractivity contribution >= 4 is 39.4 Å². The molecule has 4 heterocycles. The molecule has 0 amide bonds. The van der Waals surface area contributed by atoms with Crippen LogP contribution in [0.25, 0.3) is 44.6 Å². The molecule has 1 atom stereocenters. The predicted octanol–water partition coefficient (Wildman–Crippen LogP) is 5.69. The highest BCUT2D eigenvalue weighted by molar-refractivity contribution is 6.35. The Kier molecular flexibility index (Phi) is 6.15. The summed E-state index contributed by atoms with van der Waals surface area (Å²) in [5.74, 6) is 0.408. The number of rotatable bonds is 5. The van der Waals surface area contributed by atoms with Gasteiger partial charge >= 0.3 is 0 Å². The summed E-state index contributed by atoms with van der Waals surface area (Å²) in [6, 6.07) is 21.8. The molecule has 9 nitrogen and oxygen atoms in total. The standard InChI is InChI=1S/C29H19ClN8O/c1-16(28-33-11-9-20(15-31)35-28)34-22-14-23(39)36-29-27(22)37-26(25(38-29)17-6-3-2-4-7-17)19-12-18-8-5-10-32-24(18)21(30)13-19/h2-14,16H,1H3,(H2,34,36,38,39). The number of fused-ring (bicyclic) bond motifs is 2. The van der Waals surface area contributed by atoms with Crippen LogP contribution >= 0.6 is 11.6 Å². The number of halogens is 1. The normalized spacial score (nSPS) is 11.8. The van der Waals surface area contributed by atoms with Gasteiger partial charge in [0.25, 0.3) is 5.56 Å². The first-order valence-electron chi connectivity index (χ1n) is 12.0. The summed E-state index contributed by atoms with van der Waals surface area (Å²) in [7, 11) is 0. The lowest BCUT2D eigenvalue weighted by Crippen LogP contribution is -2.15. The number of hydrogen-bond donors (Lipinski definition) is 2. The summed E-state index contributed by atoms with van der Waals surface area (Å²) in [5, 5.41) is 13.9. The van der Waals surface area contributed by atoms with Gasteiger partial charge in [-0.1, -0.05) is 48.0 Å². The maximum absolute atomic E-state index is 12.7. The number of nitrogens with zero attached hydrogens (tertiary/aromatic N) is 6. The van der Waals surface area contributed by atoms with E-state index in [0.717, 1.165) is 16.5 Å². The lowest BCUT2D eigenvalue weighted by molar-refractivity contribution is 0.785. The maximum Gasteiger partial charge on any atom is 0.251 e. The minimum Gasteiger partial charge on any atom is -0.373 e. The second kappa shape index (κ2) is 9.93. The van der Waals surface area contributed by atoms with E-state index >= 15 is 0 Å². The average molecular weight is 531 g/mol. The first-order valence-corrected chi connectivity index (χ1v) is 12.4. The predicted molar refractivity (Wildman–Crippen MR) is 150 cm³/mol. The molecule has 0 fully saturated rings. The molecule has 0 radical (unpaired) electrons. The van der Waals surface area contributed by atoms with Crippen molar-refractivity contribution in [2.24, 2.45) is 0 Å². The monoisotopic (exact) mass is 530 g/mol. The molecule has 1 unspecified atom stereocenters. The topological polar surface area (TPSA) is 133 Å². The molecule has 0 aliphatic heterocycles. The minimum absolute atomic E-state index is 0.252. The minimum atomic E-state index is -0.427. The number of nitriles is 1. The van der Waals surface area contributed by atoms with Crippen LogP contribution < -0.4 is 10.9 Å². The van der Waals surface area contributed by atoms with Gasteiger partial charge in [-0.05, 0) is 31.2 Å². The van der Waals surface area contributed by atoms with Crippen molar-refractivity contribution in [3.05, 3.63) is 106 Å². The Morgan fingerprint density at radius 3 is 2.54 bits per heavy atom. The maximum atomic E-state index is 12.7. The Balaban J connectivity index is 1.57. The summed E-state index contributed by atoms with van der Waals surface area (Å²) in [4.78, 5) is 38.3. The van der Waals surface area contributed by atoms with E-state index in [1.165, 1.54) is 18.3 Å². The zero-order chi connectivity index (χ0) is 26.9. The number of nitrogens with one attached hydrogen (secondary N) is 2. The van der Waals surface area contributed by atoms with Crippen LogP contribution in [0.15, 0.2) is 83.9 Å². The van der Waals surface area contributed by atoms with E-state index in [1.54, 1.807) is 6.20 Å². The van der Waals surface area contributed by atoms with E-state index in [4.69, 9.17) is 21.6 Å². The molecule has 0 saturated carbocycles. The van der Waals surface area contributed by atoms with E-state index in [9.17, 15) is 10.1 Å². The van der Waals surface area contributed by atoms with Crippen LogP contribution in [0.5, 0.6) is 0 Å². The van der Waals surface area contributed by atoms with E-state index in [1.807, 2.05) is 67.6 Å². The summed E-state index contributed by atoms with van der Waals surface area (Å²) in [6.07, 6.45) is 3.22. The summed E-state index contributed by atoms with van der Waals surface area (Å²) < 4.78 is 0. The van der Waals surface area contributed by atoms with Crippen molar-refractivity contribution in [2.75, 3.05) is 5.32 Å². The van der Waals surface area contributed by atoms with Crippen LogP contribution in [0.2, 0.25) is 5.02 Å². The van der Waals surface area contributed by atoms with Gasteiger partial charge in [0, 0.05) is 35.0 Å². The molecular weight excluding hydrogens is 512 g/mol. The lowest BCUT2D eigenvalue weighted by Gasteiger charge is -2.17. The molecule has 6 rings (SSSR count). The Morgan fingerprint density at radius 1 is 0.897 bits per heavy atom. The molecule has 10 heteroatoms. The van der Waals surface area contributed by atoms with Gasteiger partial charge < -0.3 is 10.3 Å². The molecule has 188 valence electrons. The van der Waals surface area contributed by atoms with Gasteiger partial charge in [0.2, 0.25) is 0 Å². The third-order valence-corrected chi connectivity index (χ3v) is 6.48. The van der Waals surface area contributed by atoms with Crippen LogP contribution in [0.1, 0.15) is 24.5 Å². The molecule has 0 bridgehead atoms. The van der Waals surface area contributed by atoms with Crippen LogP contribution in [-0.2, 0) is 0 Å². The van der Waals surface area contributed by atoms with Gasteiger partial charge in [-0.25, -0.2) is 19.9 Å². The third kappa shape index (κ3) is 4.65. The van der Waals surface area contributed by atoms with Crippen LogP contribution in [0, 0.1) is 11.3 Å². The smallest absolute Gasteiger partial charge is 0.251 e. The molecule has 0 saturated heterocycles. The Labute approximate surface area is 227 Å². The van der Waals surface area contributed by atoms with E-state index in [2.05, 4.69) is 25.3 Å². The number of H-pyrrole nitrogens is 1. The molecule has 4 aromatic heterocycles. The number of aromatic amines is 1. The fourth-order valence-electron chi connectivity index (χ4n) is 4.40. The van der Waals surface area contributed by atoms with Gasteiger partial charge in [0.05, 0.1) is 33.7 Å². The molecule has 0 aliphatic rings. The average Bonchev–Trinajstić information content (AvgIpc) is 2.97. The Hall–Kier alpha value is -5.20. The number of hydrogen-bond acceptors (Lipinski definition) is 8. The molecule has 2 N–H and O–H groups in total. The van der Waals surface area contributed by atoms with Crippen LogP contribution in [0.4, 0.5) is 5.69 Å². The first kappa shape index (κ1) is 24.2. The van der Waals surface area contributed by atoms with Gasteiger partial charge in [0.15, 0.2) is 11.5 Å². The number of pyridine rings is 2. The number of benzene rings is 2. The summed E-state index contributed by atoms with van der Waals surface area (Å²) in [5.41, 5.74) is 4.59. The fourth-order valence-corrected chi connectivity index (χ4v) is 4.67. The highest BCUT2D eigenvalue weighted by atomic mass is 35.5. The first-order chi connectivity index (χ1) is 19.0. The largest absolute Gasteiger partial charge is 0.373 e. The van der Waals surface area contributed by atoms with E-state index < -0.39 is 6.04 Å². The number of aromatic nitrogens is 6. The fraction of sp³-hybridized carbons (Fsp3) is 0.0690. The second-order valence-corrected chi connectivity index (χ2v) is 9.25. The van der Waals surface area contributed by atoms with Gasteiger partial charge in [-0.15, -0.1) is 0 Å². The summed E-state index contributed by atoms with van der Waals surface area (Å²) in [6.45, 7) is 1.84. The SMILES string of the molecule is CC(Nc1cc(=O)[nH]c2nc(-c3ccccc3)c(-c3cc(Cl)c4ncccc4c3)nc12)c1nccc(C#N)n1. The quantitative estimate of drug-likeness (QED) is 0.290. The zero-order valence-electron chi connectivity index (χ0n) is 20.6. The van der Waals surface area contributed by atoms with Crippen molar-refractivity contribution < 1.29 is 0 Å². The van der Waals surface area contributed by atoms with Crippen molar-refractivity contribution in [3.8, 4) is 28.6 Å². The van der Waals surface area contributed by atoms with E-state index in [-0.39, 0.29) is 11.3 Å². The molecule has 0 aliphatic carbocycles. The highest BCUT2D eigenvalue weighted by Crippen LogP contribution is 2.36. The van der Waals surface area contributed by atoms with E-state index in [0.29, 0.717) is 44.6 Å². The summed E-state index contributed by atoms with van der Waals surface area (Å²) >= 11 is 6.63. The third-order valence-electron chi connectivity index (χ3n) is 6.20. The Bertz CT molecular complexity index is 1970. The number of anilines is 1. The molecule has 6 aromatic rings.